The second-order valence-corrected chi connectivity index (χ2v) is 6.43. The molecule has 4 nitrogen and oxygen atoms in total. The molecule has 2 aromatic rings. The second kappa shape index (κ2) is 4.92. The van der Waals surface area contributed by atoms with E-state index in [4.69, 9.17) is 23.2 Å². The van der Waals surface area contributed by atoms with Gasteiger partial charge in [-0.25, -0.2) is 8.42 Å². The number of hydrogen-bond donors (Lipinski definition) is 2. The Labute approximate surface area is 119 Å². The van der Waals surface area contributed by atoms with Gasteiger partial charge in [-0.05, 0) is 36.4 Å². The van der Waals surface area contributed by atoms with Crippen LogP contribution in [0.15, 0.2) is 46.2 Å². The maximum atomic E-state index is 12.4. The van der Waals surface area contributed by atoms with Gasteiger partial charge in [-0.3, -0.25) is 0 Å². The van der Waals surface area contributed by atoms with Crippen LogP contribution in [0.5, 0.6) is 11.5 Å². The number of hydrogen-bond acceptors (Lipinski definition) is 4. The molecule has 0 aromatic heterocycles. The lowest BCUT2D eigenvalue weighted by atomic mass is 10.3. The molecular weight excluding hydrogens is 311 g/mol. The van der Waals surface area contributed by atoms with Gasteiger partial charge in [0.05, 0.1) is 19.8 Å². The predicted octanol–water partition coefficient (Wildman–Crippen LogP) is 3.24. The first-order valence-electron chi connectivity index (χ1n) is 5.04. The Morgan fingerprint density at radius 2 is 1.16 bits per heavy atom. The number of halogens is 2. The summed E-state index contributed by atoms with van der Waals surface area (Å²) in [5.74, 6) is -0.276. The Bertz CT molecular complexity index is 684. The second-order valence-electron chi connectivity index (χ2n) is 3.73. The number of rotatable bonds is 2. The third-order valence-corrected chi connectivity index (χ3v) is 5.13. The van der Waals surface area contributed by atoms with Crippen molar-refractivity contribution < 1.29 is 18.6 Å². The van der Waals surface area contributed by atoms with E-state index >= 15 is 0 Å². The lowest BCUT2D eigenvalue weighted by molar-refractivity contribution is 0.474. The van der Waals surface area contributed by atoms with Crippen LogP contribution in [0.1, 0.15) is 0 Å². The fraction of sp³-hybridized carbons (Fsp3) is 0. The van der Waals surface area contributed by atoms with E-state index in [-0.39, 0.29) is 31.3 Å². The minimum atomic E-state index is -3.92. The van der Waals surface area contributed by atoms with E-state index in [9.17, 15) is 18.6 Å². The zero-order valence-electron chi connectivity index (χ0n) is 9.34. The monoisotopic (exact) mass is 318 g/mol. The molecule has 0 atom stereocenters. The average molecular weight is 319 g/mol. The van der Waals surface area contributed by atoms with Crippen molar-refractivity contribution in [1.82, 2.24) is 0 Å². The maximum Gasteiger partial charge on any atom is 0.209 e. The summed E-state index contributed by atoms with van der Waals surface area (Å²) in [7, 11) is -3.92. The number of benzene rings is 2. The molecule has 7 heteroatoms. The van der Waals surface area contributed by atoms with Gasteiger partial charge in [0.1, 0.15) is 11.5 Å². The zero-order valence-corrected chi connectivity index (χ0v) is 11.7. The molecule has 0 aliphatic carbocycles. The summed E-state index contributed by atoms with van der Waals surface area (Å²) in [6.45, 7) is 0. The highest BCUT2D eigenvalue weighted by molar-refractivity contribution is 7.91. The van der Waals surface area contributed by atoms with Gasteiger partial charge in [0.2, 0.25) is 9.84 Å². The van der Waals surface area contributed by atoms with Crippen LogP contribution < -0.4 is 0 Å². The molecule has 0 aliphatic heterocycles. The smallest absolute Gasteiger partial charge is 0.209 e. The van der Waals surface area contributed by atoms with Gasteiger partial charge in [-0.1, -0.05) is 23.2 Å². The minimum Gasteiger partial charge on any atom is -0.508 e. The number of phenolic OH excluding ortho intramolecular Hbond substituents is 2. The van der Waals surface area contributed by atoms with Gasteiger partial charge in [0.15, 0.2) is 0 Å². The van der Waals surface area contributed by atoms with Crippen LogP contribution in [-0.2, 0) is 9.84 Å². The highest BCUT2D eigenvalue weighted by atomic mass is 35.5. The van der Waals surface area contributed by atoms with Gasteiger partial charge < -0.3 is 10.2 Å². The highest BCUT2D eigenvalue weighted by Gasteiger charge is 2.23. The van der Waals surface area contributed by atoms with Crippen molar-refractivity contribution in [3.8, 4) is 11.5 Å². The largest absolute Gasteiger partial charge is 0.508 e. The summed E-state index contributed by atoms with van der Waals surface area (Å²) in [6, 6.07) is 7.07. The van der Waals surface area contributed by atoms with Gasteiger partial charge in [0.25, 0.3) is 0 Å². The Morgan fingerprint density at radius 1 is 0.789 bits per heavy atom. The molecule has 2 rings (SSSR count). The SMILES string of the molecule is O=S(=O)(c1ccc(O)cc1Cl)c1ccc(O)cc1Cl. The minimum absolute atomic E-state index is 0.107. The molecule has 19 heavy (non-hydrogen) atoms. The molecule has 0 radical (unpaired) electrons. The van der Waals surface area contributed by atoms with E-state index in [1.54, 1.807) is 0 Å². The van der Waals surface area contributed by atoms with E-state index < -0.39 is 9.84 Å². The van der Waals surface area contributed by atoms with Gasteiger partial charge in [-0.15, -0.1) is 0 Å². The van der Waals surface area contributed by atoms with Crippen LogP contribution in [0, 0.1) is 0 Å². The van der Waals surface area contributed by atoms with Crippen LogP contribution in [0.4, 0.5) is 0 Å². The first-order chi connectivity index (χ1) is 8.82. The molecule has 0 saturated carbocycles. The van der Waals surface area contributed by atoms with Gasteiger partial charge >= 0.3 is 0 Å². The highest BCUT2D eigenvalue weighted by Crippen LogP contribution is 2.34. The molecule has 0 aliphatic rings. The van der Waals surface area contributed by atoms with Crippen molar-refractivity contribution in [1.29, 1.82) is 0 Å². The Hall–Kier alpha value is -1.43. The lowest BCUT2D eigenvalue weighted by Crippen LogP contribution is -2.03. The fourth-order valence-corrected chi connectivity index (χ4v) is 3.86. The van der Waals surface area contributed by atoms with Crippen molar-refractivity contribution in [3.63, 3.8) is 0 Å². The molecule has 0 spiro atoms. The molecule has 0 saturated heterocycles. The van der Waals surface area contributed by atoms with Crippen molar-refractivity contribution in [2.45, 2.75) is 9.79 Å². The molecule has 0 bridgehead atoms. The Kier molecular flexibility index (Phi) is 3.62. The molecule has 2 aromatic carbocycles. The van der Waals surface area contributed by atoms with Gasteiger partial charge in [-0.2, -0.15) is 0 Å². The van der Waals surface area contributed by atoms with Gasteiger partial charge in [0, 0.05) is 0 Å². The lowest BCUT2D eigenvalue weighted by Gasteiger charge is -2.08. The summed E-state index contributed by atoms with van der Waals surface area (Å²) in [5, 5.41) is 18.2. The third-order valence-electron chi connectivity index (χ3n) is 2.41. The van der Waals surface area contributed by atoms with E-state index in [0.717, 1.165) is 12.1 Å². The van der Waals surface area contributed by atoms with Crippen LogP contribution >= 0.6 is 23.2 Å². The zero-order chi connectivity index (χ0) is 14.2. The molecule has 0 heterocycles. The maximum absolute atomic E-state index is 12.4. The van der Waals surface area contributed by atoms with Crippen molar-refractivity contribution in [2.75, 3.05) is 0 Å². The Morgan fingerprint density at radius 3 is 1.47 bits per heavy atom. The normalized spacial score (nSPS) is 11.5. The van der Waals surface area contributed by atoms with E-state index in [0.29, 0.717) is 0 Å². The van der Waals surface area contributed by atoms with Crippen molar-refractivity contribution in [3.05, 3.63) is 46.4 Å². The average Bonchev–Trinajstić information content (AvgIpc) is 2.27. The topological polar surface area (TPSA) is 74.6 Å². The standard InChI is InChI=1S/C12H8Cl2O4S/c13-9-5-7(15)1-3-11(9)19(17,18)12-4-2-8(16)6-10(12)14/h1-6,15-16H. The molecule has 100 valence electrons. The van der Waals surface area contributed by atoms with E-state index in [1.165, 1.54) is 24.3 Å². The summed E-state index contributed by atoms with van der Waals surface area (Å²) < 4.78 is 24.7. The first kappa shape index (κ1) is 14.0. The summed E-state index contributed by atoms with van der Waals surface area (Å²) in [5.41, 5.74) is 0. The summed E-state index contributed by atoms with van der Waals surface area (Å²) in [4.78, 5) is -0.334. The first-order valence-corrected chi connectivity index (χ1v) is 7.28. The van der Waals surface area contributed by atoms with E-state index in [1.807, 2.05) is 0 Å². The fourth-order valence-electron chi connectivity index (χ4n) is 1.53. The molecular formula is C12H8Cl2O4S. The van der Waals surface area contributed by atoms with Crippen molar-refractivity contribution >= 4 is 33.0 Å². The predicted molar refractivity (Wildman–Crippen MR) is 71.7 cm³/mol. The summed E-state index contributed by atoms with van der Waals surface area (Å²) >= 11 is 11.6. The molecule has 0 amide bonds. The quantitative estimate of drug-likeness (QED) is 0.891. The summed E-state index contributed by atoms with van der Waals surface area (Å²) in [6.07, 6.45) is 0. The number of aromatic hydroxyl groups is 2. The number of sulfone groups is 1. The van der Waals surface area contributed by atoms with Crippen LogP contribution in [-0.4, -0.2) is 18.6 Å². The third kappa shape index (κ3) is 2.63. The number of phenols is 2. The van der Waals surface area contributed by atoms with E-state index in [2.05, 4.69) is 0 Å². The molecule has 0 fully saturated rings. The van der Waals surface area contributed by atoms with Crippen LogP contribution in [0.3, 0.4) is 0 Å². The van der Waals surface area contributed by atoms with Crippen LogP contribution in [0.25, 0.3) is 0 Å². The van der Waals surface area contributed by atoms with Crippen molar-refractivity contribution in [2.24, 2.45) is 0 Å². The molecule has 0 unspecified atom stereocenters. The Balaban J connectivity index is 2.65. The molecule has 2 N–H and O–H groups in total. The van der Waals surface area contributed by atoms with Crippen LogP contribution in [0.2, 0.25) is 10.0 Å².